The summed E-state index contributed by atoms with van der Waals surface area (Å²) < 4.78 is 0. The van der Waals surface area contributed by atoms with Crippen LogP contribution in [0.1, 0.15) is 33.6 Å². The molecule has 0 rings (SSSR count). The molecule has 0 atom stereocenters. The van der Waals surface area contributed by atoms with E-state index in [9.17, 15) is 0 Å². The third-order valence-corrected chi connectivity index (χ3v) is 4.84. The molecule has 0 saturated heterocycles. The van der Waals surface area contributed by atoms with Crippen LogP contribution in [0, 0.1) is 0 Å². The fraction of sp³-hybridized carbons (Fsp3) is 1.00. The number of hydrogen-bond donors (Lipinski definition) is 0. The molecule has 0 aromatic heterocycles. The van der Waals surface area contributed by atoms with Crippen LogP contribution in [0.15, 0.2) is 0 Å². The van der Waals surface area contributed by atoms with Gasteiger partial charge in [-0.3, -0.25) is 0 Å². The molecule has 62 valence electrons. The van der Waals surface area contributed by atoms with E-state index >= 15 is 0 Å². The molecule has 0 spiro atoms. The first-order chi connectivity index (χ1) is 4.56. The first kappa shape index (κ1) is 10.4. The van der Waals surface area contributed by atoms with Gasteiger partial charge in [-0.1, -0.05) is 45.7 Å². The van der Waals surface area contributed by atoms with Gasteiger partial charge < -0.3 is 0 Å². The smallest absolute Gasteiger partial charge is 0.0260 e. The third-order valence-electron chi connectivity index (χ3n) is 1.78. The molecule has 0 radical (unpaired) electrons. The van der Waals surface area contributed by atoms with Crippen molar-refractivity contribution in [1.82, 2.24) is 0 Å². The molecular formula is C8H22Si2. The van der Waals surface area contributed by atoms with Crippen LogP contribution >= 0.6 is 0 Å². The van der Waals surface area contributed by atoms with Crippen LogP contribution in [0.3, 0.4) is 0 Å². The van der Waals surface area contributed by atoms with Crippen molar-refractivity contribution in [1.29, 1.82) is 0 Å². The van der Waals surface area contributed by atoms with Crippen molar-refractivity contribution in [2.24, 2.45) is 0 Å². The maximum Gasteiger partial charge on any atom is 0.0260 e. The number of unbranched alkanes of at least 4 members (excludes halogenated alkanes) is 1. The van der Waals surface area contributed by atoms with Gasteiger partial charge in [-0.05, 0) is 5.04 Å². The molecule has 0 heterocycles. The van der Waals surface area contributed by atoms with Crippen LogP contribution in [-0.2, 0) is 0 Å². The Bertz CT molecular complexity index is 73.8. The summed E-state index contributed by atoms with van der Waals surface area (Å²) in [6.45, 7) is 7.17. The molecule has 0 unspecified atom stereocenters. The molecule has 0 bridgehead atoms. The molecule has 0 aromatic carbocycles. The summed E-state index contributed by atoms with van der Waals surface area (Å²) in [5.41, 5.74) is 0. The van der Waals surface area contributed by atoms with E-state index in [2.05, 4.69) is 20.8 Å². The molecule has 0 fully saturated rings. The van der Waals surface area contributed by atoms with E-state index < -0.39 is 0 Å². The van der Waals surface area contributed by atoms with Gasteiger partial charge in [-0.15, -0.1) is 0 Å². The van der Waals surface area contributed by atoms with Crippen molar-refractivity contribution >= 4 is 19.8 Å². The molecule has 0 nitrogen and oxygen atoms in total. The highest BCUT2D eigenvalue weighted by Gasteiger charge is 2.08. The topological polar surface area (TPSA) is 0 Å². The zero-order chi connectivity index (χ0) is 8.04. The molecule has 10 heavy (non-hydrogen) atoms. The zero-order valence-electron chi connectivity index (χ0n) is 8.04. The van der Waals surface area contributed by atoms with Crippen molar-refractivity contribution in [2.45, 2.75) is 50.7 Å². The normalized spacial score (nSPS) is 13.5. The van der Waals surface area contributed by atoms with Gasteiger partial charge in [0.05, 0.1) is 0 Å². The Kier molecular flexibility index (Phi) is 5.36. The second kappa shape index (κ2) is 5.13. The van der Waals surface area contributed by atoms with E-state index in [4.69, 9.17) is 0 Å². The Hall–Kier alpha value is 0.434. The van der Waals surface area contributed by atoms with Gasteiger partial charge in [0.15, 0.2) is 0 Å². The van der Waals surface area contributed by atoms with E-state index in [1.54, 1.807) is 6.04 Å². The Labute approximate surface area is 71.0 Å². The number of hydrogen-bond acceptors (Lipinski definition) is 0. The minimum absolute atomic E-state index is 0.245. The Morgan fingerprint density at radius 3 is 2.20 bits per heavy atom. The van der Waals surface area contributed by atoms with Crippen LogP contribution in [0.2, 0.25) is 17.1 Å². The third kappa shape index (κ3) is 8.43. The summed E-state index contributed by atoms with van der Waals surface area (Å²) in [5.74, 6) is 0. The molecule has 2 heteroatoms. The van der Waals surface area contributed by atoms with Crippen LogP contribution in [0.5, 0.6) is 0 Å². The highest BCUT2D eigenvalue weighted by Crippen LogP contribution is 2.22. The average molecular weight is 174 g/mol. The first-order valence-electron chi connectivity index (χ1n) is 4.56. The van der Waals surface area contributed by atoms with E-state index in [1.165, 1.54) is 29.1 Å². The Morgan fingerprint density at radius 2 is 1.80 bits per heavy atom. The maximum atomic E-state index is 2.39. The van der Waals surface area contributed by atoms with Crippen LogP contribution in [-0.4, -0.2) is 19.8 Å². The van der Waals surface area contributed by atoms with Gasteiger partial charge >= 0.3 is 0 Å². The molecule has 0 saturated carbocycles. The lowest BCUT2D eigenvalue weighted by Gasteiger charge is -2.16. The van der Waals surface area contributed by atoms with Gasteiger partial charge in [0.25, 0.3) is 0 Å². The fourth-order valence-corrected chi connectivity index (χ4v) is 3.25. The fourth-order valence-electron chi connectivity index (χ4n) is 1.08. The Morgan fingerprint density at radius 1 is 1.20 bits per heavy atom. The lowest BCUT2D eigenvalue weighted by atomic mass is 10.2. The SMILES string of the molecule is CC(C)(C)[SiH2]CCCC[SiH3]. The van der Waals surface area contributed by atoms with Crippen molar-refractivity contribution in [2.75, 3.05) is 0 Å². The lowest BCUT2D eigenvalue weighted by Crippen LogP contribution is -2.07. The van der Waals surface area contributed by atoms with Gasteiger partial charge in [-0.2, -0.15) is 0 Å². The largest absolute Gasteiger partial charge is 0.0659 e. The minimum Gasteiger partial charge on any atom is -0.0659 e. The molecule has 0 aromatic rings. The predicted octanol–water partition coefficient (Wildman–Crippen LogP) is 1.36. The summed E-state index contributed by atoms with van der Waals surface area (Å²) in [7, 11) is 1.66. The van der Waals surface area contributed by atoms with Crippen LogP contribution < -0.4 is 0 Å². The van der Waals surface area contributed by atoms with Gasteiger partial charge in [0, 0.05) is 19.8 Å². The highest BCUT2D eigenvalue weighted by molar-refractivity contribution is 6.39. The lowest BCUT2D eigenvalue weighted by molar-refractivity contribution is 0.738. The van der Waals surface area contributed by atoms with Crippen molar-refractivity contribution in [3.63, 3.8) is 0 Å². The monoisotopic (exact) mass is 174 g/mol. The van der Waals surface area contributed by atoms with Crippen LogP contribution in [0.4, 0.5) is 0 Å². The predicted molar refractivity (Wildman–Crippen MR) is 57.0 cm³/mol. The summed E-state index contributed by atoms with van der Waals surface area (Å²) in [5, 5.41) is 0.700. The Balaban J connectivity index is 3.04. The van der Waals surface area contributed by atoms with Gasteiger partial charge in [-0.25, -0.2) is 0 Å². The van der Waals surface area contributed by atoms with E-state index in [0.717, 1.165) is 0 Å². The van der Waals surface area contributed by atoms with Crippen molar-refractivity contribution in [3.8, 4) is 0 Å². The molecule has 0 aliphatic heterocycles. The molecule has 0 aliphatic rings. The van der Waals surface area contributed by atoms with E-state index in [1.807, 2.05) is 0 Å². The summed E-state index contributed by atoms with van der Waals surface area (Å²) in [6.07, 6.45) is 3.03. The van der Waals surface area contributed by atoms with E-state index in [-0.39, 0.29) is 9.52 Å². The molecule has 0 amide bonds. The number of rotatable bonds is 4. The molecular weight excluding hydrogens is 152 g/mol. The van der Waals surface area contributed by atoms with Crippen molar-refractivity contribution in [3.05, 3.63) is 0 Å². The summed E-state index contributed by atoms with van der Waals surface area (Å²) in [6, 6.07) is 3.09. The minimum atomic E-state index is 0.245. The molecule has 0 N–H and O–H groups in total. The van der Waals surface area contributed by atoms with Crippen LogP contribution in [0.25, 0.3) is 0 Å². The van der Waals surface area contributed by atoms with E-state index in [0.29, 0.717) is 5.04 Å². The average Bonchev–Trinajstić information content (AvgIpc) is 1.78. The second-order valence-corrected chi connectivity index (χ2v) is 8.70. The maximum absolute atomic E-state index is 2.39. The van der Waals surface area contributed by atoms with Gasteiger partial charge in [0.1, 0.15) is 0 Å². The highest BCUT2D eigenvalue weighted by atomic mass is 28.2. The first-order valence-corrected chi connectivity index (χ1v) is 7.68. The summed E-state index contributed by atoms with van der Waals surface area (Å²) in [4.78, 5) is 0. The molecule has 0 aliphatic carbocycles. The summed E-state index contributed by atoms with van der Waals surface area (Å²) >= 11 is 0. The van der Waals surface area contributed by atoms with Gasteiger partial charge in [0.2, 0.25) is 0 Å². The quantitative estimate of drug-likeness (QED) is 0.446. The standard InChI is InChI=1S/C8H22Si2/c1-8(2,3)10-7-5-4-6-9/h4-7,10H2,1-3,9H3. The second-order valence-electron chi connectivity index (χ2n) is 4.37. The van der Waals surface area contributed by atoms with Crippen molar-refractivity contribution < 1.29 is 0 Å². The zero-order valence-corrected chi connectivity index (χ0v) is 11.4.